The van der Waals surface area contributed by atoms with Crippen LogP contribution in [0.3, 0.4) is 0 Å². The van der Waals surface area contributed by atoms with Crippen LogP contribution in [0, 0.1) is 0 Å². The Bertz CT molecular complexity index is 486. The second kappa shape index (κ2) is 7.02. The van der Waals surface area contributed by atoms with Gasteiger partial charge in [0.25, 0.3) is 0 Å². The molecule has 9 heteroatoms. The monoisotopic (exact) mass is 296 g/mol. The van der Waals surface area contributed by atoms with Crippen molar-refractivity contribution in [1.29, 1.82) is 0 Å². The third-order valence-electron chi connectivity index (χ3n) is 2.87. The van der Waals surface area contributed by atoms with Crippen LogP contribution < -0.4 is 27.2 Å². The average molecular weight is 296 g/mol. The molecule has 0 atom stereocenters. The van der Waals surface area contributed by atoms with Crippen molar-refractivity contribution in [3.05, 3.63) is 0 Å². The summed E-state index contributed by atoms with van der Waals surface area (Å²) in [6, 6.07) is 0. The van der Waals surface area contributed by atoms with E-state index in [2.05, 4.69) is 25.7 Å². The first-order valence-corrected chi connectivity index (χ1v) is 6.85. The minimum Gasteiger partial charge on any atom is -0.370 e. The smallest absolute Gasteiger partial charge is 0.243 e. The quantitative estimate of drug-likeness (QED) is 0.391. The SMILES string of the molecule is CCN(CC)c1nc(NN)nc(NC(C)(C)CC(N)=O)n1. The van der Waals surface area contributed by atoms with E-state index in [1.54, 1.807) is 0 Å². The first-order chi connectivity index (χ1) is 9.81. The number of nitrogens with zero attached hydrogens (tertiary/aromatic N) is 4. The maximum absolute atomic E-state index is 11.1. The highest BCUT2D eigenvalue weighted by Gasteiger charge is 2.22. The van der Waals surface area contributed by atoms with E-state index >= 15 is 0 Å². The zero-order valence-electron chi connectivity index (χ0n) is 13.0. The van der Waals surface area contributed by atoms with Gasteiger partial charge in [0.05, 0.1) is 0 Å². The number of primary amides is 1. The van der Waals surface area contributed by atoms with Gasteiger partial charge >= 0.3 is 0 Å². The highest BCUT2D eigenvalue weighted by Crippen LogP contribution is 2.18. The maximum Gasteiger partial charge on any atom is 0.243 e. The summed E-state index contributed by atoms with van der Waals surface area (Å²) in [6.07, 6.45) is 0.157. The number of carbonyl (C=O) groups is 1. The standard InChI is InChI=1S/C12H24N8O/c1-5-20(6-2)11-16-9(15-10(17-11)19-14)18-12(3,4)7-8(13)21/h5-7,14H2,1-4H3,(H2,13,21)(H2,15,16,17,18,19). The minimum absolute atomic E-state index is 0.157. The third-order valence-corrected chi connectivity index (χ3v) is 2.87. The molecule has 1 amide bonds. The van der Waals surface area contributed by atoms with E-state index in [4.69, 9.17) is 11.6 Å². The van der Waals surface area contributed by atoms with Gasteiger partial charge in [-0.25, -0.2) is 5.84 Å². The molecule has 118 valence electrons. The van der Waals surface area contributed by atoms with Crippen molar-refractivity contribution in [2.24, 2.45) is 11.6 Å². The normalized spacial score (nSPS) is 11.1. The van der Waals surface area contributed by atoms with Crippen molar-refractivity contribution in [2.75, 3.05) is 28.7 Å². The number of nitrogens with one attached hydrogen (secondary N) is 2. The molecule has 0 aromatic carbocycles. The largest absolute Gasteiger partial charge is 0.370 e. The number of rotatable bonds is 8. The van der Waals surface area contributed by atoms with Crippen molar-refractivity contribution in [1.82, 2.24) is 15.0 Å². The molecule has 0 aliphatic carbocycles. The molecule has 6 N–H and O–H groups in total. The molecule has 0 aliphatic rings. The Morgan fingerprint density at radius 3 is 2.24 bits per heavy atom. The number of hydrogen-bond acceptors (Lipinski definition) is 8. The lowest BCUT2D eigenvalue weighted by atomic mass is 10.0. The summed E-state index contributed by atoms with van der Waals surface area (Å²) >= 11 is 0. The molecule has 0 saturated carbocycles. The van der Waals surface area contributed by atoms with Gasteiger partial charge in [0, 0.05) is 25.0 Å². The Hall–Kier alpha value is -2.16. The minimum atomic E-state index is -0.570. The van der Waals surface area contributed by atoms with Crippen LogP contribution in [0.5, 0.6) is 0 Å². The number of aromatic nitrogens is 3. The summed E-state index contributed by atoms with van der Waals surface area (Å²) in [7, 11) is 0. The molecule has 1 heterocycles. The zero-order chi connectivity index (χ0) is 16.0. The fraction of sp³-hybridized carbons (Fsp3) is 0.667. The second-order valence-corrected chi connectivity index (χ2v) is 5.25. The topological polar surface area (TPSA) is 135 Å². The number of hydrogen-bond donors (Lipinski definition) is 4. The fourth-order valence-electron chi connectivity index (χ4n) is 1.92. The van der Waals surface area contributed by atoms with Crippen LogP contribution in [0.15, 0.2) is 0 Å². The van der Waals surface area contributed by atoms with Gasteiger partial charge in [0.15, 0.2) is 0 Å². The van der Waals surface area contributed by atoms with Crippen molar-refractivity contribution >= 4 is 23.8 Å². The van der Waals surface area contributed by atoms with Crippen molar-refractivity contribution in [3.8, 4) is 0 Å². The summed E-state index contributed by atoms with van der Waals surface area (Å²) in [5.74, 6) is 6.10. The van der Waals surface area contributed by atoms with E-state index in [0.29, 0.717) is 11.9 Å². The number of amides is 1. The molecule has 0 fully saturated rings. The van der Waals surface area contributed by atoms with Crippen molar-refractivity contribution < 1.29 is 4.79 Å². The molecule has 9 nitrogen and oxygen atoms in total. The predicted octanol–water partition coefficient (Wildman–Crippen LogP) is 0.0693. The number of nitrogen functional groups attached to an aromatic ring is 1. The number of nitrogens with two attached hydrogens (primary N) is 2. The highest BCUT2D eigenvalue weighted by atomic mass is 16.1. The molecular weight excluding hydrogens is 272 g/mol. The molecule has 0 unspecified atom stereocenters. The molecule has 1 rings (SSSR count). The van der Waals surface area contributed by atoms with Crippen LogP contribution in [0.2, 0.25) is 0 Å². The van der Waals surface area contributed by atoms with Gasteiger partial charge in [-0.15, -0.1) is 0 Å². The average Bonchev–Trinajstić information content (AvgIpc) is 2.37. The van der Waals surface area contributed by atoms with Gasteiger partial charge in [-0.1, -0.05) is 0 Å². The Morgan fingerprint density at radius 2 is 1.76 bits per heavy atom. The van der Waals surface area contributed by atoms with E-state index in [-0.39, 0.29) is 12.4 Å². The van der Waals surface area contributed by atoms with Crippen molar-refractivity contribution in [3.63, 3.8) is 0 Å². The van der Waals surface area contributed by atoms with Crippen LogP contribution in [-0.2, 0) is 4.79 Å². The van der Waals surface area contributed by atoms with Crippen LogP contribution in [0.1, 0.15) is 34.1 Å². The lowest BCUT2D eigenvalue weighted by Crippen LogP contribution is -2.37. The lowest BCUT2D eigenvalue weighted by molar-refractivity contribution is -0.118. The second-order valence-electron chi connectivity index (χ2n) is 5.25. The van der Waals surface area contributed by atoms with Crippen LogP contribution in [0.4, 0.5) is 17.8 Å². The molecule has 1 aromatic rings. The Morgan fingerprint density at radius 1 is 1.19 bits per heavy atom. The molecule has 0 aliphatic heterocycles. The summed E-state index contributed by atoms with van der Waals surface area (Å²) in [5, 5.41) is 3.08. The Labute approximate surface area is 124 Å². The fourth-order valence-corrected chi connectivity index (χ4v) is 1.92. The summed E-state index contributed by atoms with van der Waals surface area (Å²) in [6.45, 7) is 9.21. The lowest BCUT2D eigenvalue weighted by Gasteiger charge is -2.26. The van der Waals surface area contributed by atoms with Crippen LogP contribution in [0.25, 0.3) is 0 Å². The van der Waals surface area contributed by atoms with Gasteiger partial charge in [-0.2, -0.15) is 15.0 Å². The van der Waals surface area contributed by atoms with E-state index < -0.39 is 11.4 Å². The van der Waals surface area contributed by atoms with Gasteiger partial charge in [-0.05, 0) is 27.7 Å². The van der Waals surface area contributed by atoms with E-state index in [9.17, 15) is 4.79 Å². The van der Waals surface area contributed by atoms with Gasteiger partial charge in [0.1, 0.15) is 0 Å². The molecule has 0 bridgehead atoms. The first kappa shape index (κ1) is 16.9. The number of carbonyl (C=O) groups excluding carboxylic acids is 1. The van der Waals surface area contributed by atoms with Gasteiger partial charge < -0.3 is 16.0 Å². The number of anilines is 3. The molecule has 21 heavy (non-hydrogen) atoms. The van der Waals surface area contributed by atoms with E-state index in [1.807, 2.05) is 32.6 Å². The molecular formula is C12H24N8O. The maximum atomic E-state index is 11.1. The molecule has 0 radical (unpaired) electrons. The zero-order valence-corrected chi connectivity index (χ0v) is 13.0. The predicted molar refractivity (Wildman–Crippen MR) is 82.7 cm³/mol. The first-order valence-electron chi connectivity index (χ1n) is 6.85. The van der Waals surface area contributed by atoms with Gasteiger partial charge in [-0.3, -0.25) is 10.2 Å². The summed E-state index contributed by atoms with van der Waals surface area (Å²) < 4.78 is 0. The summed E-state index contributed by atoms with van der Waals surface area (Å²) in [4.78, 5) is 25.8. The Balaban J connectivity index is 3.06. The number of hydrazine groups is 1. The van der Waals surface area contributed by atoms with Crippen LogP contribution >= 0.6 is 0 Å². The van der Waals surface area contributed by atoms with Gasteiger partial charge in [0.2, 0.25) is 23.8 Å². The third kappa shape index (κ3) is 5.03. The van der Waals surface area contributed by atoms with Crippen molar-refractivity contribution in [2.45, 2.75) is 39.7 Å². The van der Waals surface area contributed by atoms with E-state index in [1.165, 1.54) is 0 Å². The summed E-state index contributed by atoms with van der Waals surface area (Å²) in [5.41, 5.74) is 7.08. The molecule has 0 spiro atoms. The molecule has 0 saturated heterocycles. The van der Waals surface area contributed by atoms with E-state index in [0.717, 1.165) is 13.1 Å². The Kier molecular flexibility index (Phi) is 5.65. The molecule has 1 aromatic heterocycles. The highest BCUT2D eigenvalue weighted by molar-refractivity contribution is 5.75. The van der Waals surface area contributed by atoms with Crippen LogP contribution in [-0.4, -0.2) is 39.5 Å².